The fourth-order valence-corrected chi connectivity index (χ4v) is 6.68. The van der Waals surface area contributed by atoms with Crippen molar-refractivity contribution in [3.8, 4) is 11.1 Å². The van der Waals surface area contributed by atoms with E-state index in [4.69, 9.17) is 14.2 Å². The van der Waals surface area contributed by atoms with Gasteiger partial charge < -0.3 is 19.3 Å². The minimum Gasteiger partial charge on any atom is -0.392 e. The van der Waals surface area contributed by atoms with Crippen LogP contribution in [0.5, 0.6) is 0 Å². The zero-order valence-corrected chi connectivity index (χ0v) is 25.9. The van der Waals surface area contributed by atoms with E-state index in [0.29, 0.717) is 11.1 Å². The fraction of sp³-hybridized carbons (Fsp3) is 0.316. The first kappa shape index (κ1) is 30.5. The molecule has 7 rings (SSSR count). The molecule has 0 unspecified atom stereocenters. The molecule has 4 atom stereocenters. The number of morpholine rings is 1. The summed E-state index contributed by atoms with van der Waals surface area (Å²) >= 11 is 0. The Morgan fingerprint density at radius 3 is 2.00 bits per heavy atom. The van der Waals surface area contributed by atoms with Gasteiger partial charge in [0.2, 0.25) is 0 Å². The molecule has 8 heteroatoms. The summed E-state index contributed by atoms with van der Waals surface area (Å²) in [6.07, 6.45) is -0.801. The molecule has 2 fully saturated rings. The molecule has 8 nitrogen and oxygen atoms in total. The smallest absolute Gasteiger partial charge is 0.261 e. The van der Waals surface area contributed by atoms with Crippen molar-refractivity contribution in [1.29, 1.82) is 0 Å². The molecule has 0 aromatic heterocycles. The van der Waals surface area contributed by atoms with Gasteiger partial charge in [-0.1, -0.05) is 91.9 Å². The van der Waals surface area contributed by atoms with E-state index in [1.54, 1.807) is 24.3 Å². The Morgan fingerprint density at radius 1 is 0.739 bits per heavy atom. The number of fused-ring (bicyclic) bond motifs is 1. The number of hydrogen-bond donors (Lipinski definition) is 1. The number of aliphatic hydroxyl groups excluding tert-OH is 1. The standard InChI is InChI=1S/C38H38N2O6/c1-25-34(23-39-18-20-44-21-19-39)45-38(46-35(25)28-12-10-26(24-41)11-13-28)29-16-14-27(15-17-29)31-7-3-2-6-30(31)22-40-36(42)32-8-4-5-9-33(32)37(40)43/h2-17,25,34-35,38,41H,18-24H2,1H3/t25-,34+,35+,38+/m1/s1. The highest BCUT2D eigenvalue weighted by atomic mass is 16.7. The van der Waals surface area contributed by atoms with Crippen LogP contribution in [0.25, 0.3) is 11.1 Å². The molecule has 2 saturated heterocycles. The van der Waals surface area contributed by atoms with Gasteiger partial charge in [0, 0.05) is 31.1 Å². The average Bonchev–Trinajstić information content (AvgIpc) is 3.35. The average molecular weight is 619 g/mol. The zero-order valence-electron chi connectivity index (χ0n) is 25.9. The first-order chi connectivity index (χ1) is 22.5. The van der Waals surface area contributed by atoms with Crippen LogP contribution in [0.3, 0.4) is 0 Å². The van der Waals surface area contributed by atoms with Crippen LogP contribution in [0.2, 0.25) is 0 Å². The highest BCUT2D eigenvalue weighted by Crippen LogP contribution is 2.42. The van der Waals surface area contributed by atoms with Gasteiger partial charge in [-0.25, -0.2) is 0 Å². The van der Waals surface area contributed by atoms with E-state index in [1.165, 1.54) is 4.90 Å². The van der Waals surface area contributed by atoms with Crippen LogP contribution < -0.4 is 0 Å². The first-order valence-electron chi connectivity index (χ1n) is 15.9. The maximum Gasteiger partial charge on any atom is 0.261 e. The third-order valence-electron chi connectivity index (χ3n) is 9.38. The quantitative estimate of drug-likeness (QED) is 0.251. The van der Waals surface area contributed by atoms with Crippen LogP contribution >= 0.6 is 0 Å². The number of carbonyl (C=O) groups is 2. The summed E-state index contributed by atoms with van der Waals surface area (Å²) in [6, 6.07) is 31.0. The largest absolute Gasteiger partial charge is 0.392 e. The molecule has 3 aliphatic heterocycles. The van der Waals surface area contributed by atoms with Gasteiger partial charge in [-0.05, 0) is 39.9 Å². The van der Waals surface area contributed by atoms with Crippen molar-refractivity contribution >= 4 is 11.8 Å². The Labute approximate surface area is 269 Å². The van der Waals surface area contributed by atoms with Gasteiger partial charge in [-0.2, -0.15) is 0 Å². The van der Waals surface area contributed by atoms with Gasteiger partial charge in [0.05, 0.1) is 49.7 Å². The maximum absolute atomic E-state index is 13.1. The van der Waals surface area contributed by atoms with Crippen LogP contribution in [-0.2, 0) is 27.4 Å². The SMILES string of the molecule is C[C@@H]1[C@H](CN2CCOCC2)O[C@H](c2ccc(-c3ccccc3CN3C(=O)c4ccccc4C3=O)cc2)O[C@@H]1c1ccc(CO)cc1. The highest BCUT2D eigenvalue weighted by molar-refractivity contribution is 6.21. The number of rotatable bonds is 8. The van der Waals surface area contributed by atoms with E-state index in [1.807, 2.05) is 72.8 Å². The third kappa shape index (κ3) is 6.02. The number of nitrogens with zero attached hydrogens (tertiary/aromatic N) is 2. The van der Waals surface area contributed by atoms with Gasteiger partial charge in [0.1, 0.15) is 0 Å². The van der Waals surface area contributed by atoms with E-state index < -0.39 is 6.29 Å². The molecule has 0 saturated carbocycles. The summed E-state index contributed by atoms with van der Waals surface area (Å²) in [5, 5.41) is 9.56. The third-order valence-corrected chi connectivity index (χ3v) is 9.38. The van der Waals surface area contributed by atoms with Crippen molar-refractivity contribution in [2.45, 2.75) is 38.6 Å². The second kappa shape index (κ2) is 13.3. The Morgan fingerprint density at radius 2 is 1.35 bits per heavy atom. The molecule has 3 aliphatic rings. The van der Waals surface area contributed by atoms with Crippen molar-refractivity contribution in [3.63, 3.8) is 0 Å². The van der Waals surface area contributed by atoms with E-state index in [-0.39, 0.29) is 43.1 Å². The van der Waals surface area contributed by atoms with Crippen molar-refractivity contribution in [1.82, 2.24) is 9.80 Å². The molecular formula is C38H38N2O6. The van der Waals surface area contributed by atoms with Gasteiger partial charge in [-0.15, -0.1) is 0 Å². The highest BCUT2D eigenvalue weighted by Gasteiger charge is 2.39. The lowest BCUT2D eigenvalue weighted by atomic mass is 9.90. The number of aliphatic hydroxyl groups is 1. The van der Waals surface area contributed by atoms with E-state index in [2.05, 4.69) is 11.8 Å². The number of amides is 2. The van der Waals surface area contributed by atoms with Gasteiger partial charge >= 0.3 is 0 Å². The molecule has 0 aliphatic carbocycles. The molecule has 3 heterocycles. The summed E-state index contributed by atoms with van der Waals surface area (Å²) in [5.74, 6) is -0.426. The van der Waals surface area contributed by atoms with Crippen molar-refractivity contribution in [2.75, 3.05) is 32.8 Å². The molecule has 2 amide bonds. The van der Waals surface area contributed by atoms with Gasteiger partial charge in [0.15, 0.2) is 6.29 Å². The predicted molar refractivity (Wildman–Crippen MR) is 173 cm³/mol. The Hall–Kier alpha value is -4.18. The van der Waals surface area contributed by atoms with Crippen molar-refractivity contribution in [3.05, 3.63) is 130 Å². The molecule has 0 radical (unpaired) electrons. The maximum atomic E-state index is 13.1. The number of hydrogen-bond acceptors (Lipinski definition) is 7. The van der Waals surface area contributed by atoms with E-state index >= 15 is 0 Å². The zero-order chi connectivity index (χ0) is 31.6. The van der Waals surface area contributed by atoms with Crippen molar-refractivity contribution in [2.24, 2.45) is 5.92 Å². The number of imide groups is 1. The lowest BCUT2D eigenvalue weighted by Gasteiger charge is -2.43. The molecule has 4 aromatic rings. The molecule has 0 spiro atoms. The lowest BCUT2D eigenvalue weighted by Crippen LogP contribution is -2.47. The minimum atomic E-state index is -0.563. The number of ether oxygens (including phenoxy) is 3. The number of benzene rings is 4. The lowest BCUT2D eigenvalue weighted by molar-refractivity contribution is -0.277. The Bertz CT molecular complexity index is 1660. The molecule has 46 heavy (non-hydrogen) atoms. The van der Waals surface area contributed by atoms with Crippen LogP contribution in [0.1, 0.15) is 62.3 Å². The van der Waals surface area contributed by atoms with Crippen LogP contribution in [0.4, 0.5) is 0 Å². The molecule has 0 bridgehead atoms. The van der Waals surface area contributed by atoms with Crippen molar-refractivity contribution < 1.29 is 28.9 Å². The molecule has 1 N–H and O–H groups in total. The van der Waals surface area contributed by atoms with E-state index in [9.17, 15) is 14.7 Å². The molecule has 4 aromatic carbocycles. The van der Waals surface area contributed by atoms with Crippen LogP contribution in [0, 0.1) is 5.92 Å². The summed E-state index contributed by atoms with van der Waals surface area (Å²) in [4.78, 5) is 29.9. The first-order valence-corrected chi connectivity index (χ1v) is 15.9. The second-order valence-corrected chi connectivity index (χ2v) is 12.3. The monoisotopic (exact) mass is 618 g/mol. The summed E-state index contributed by atoms with van der Waals surface area (Å²) < 4.78 is 18.9. The second-order valence-electron chi connectivity index (χ2n) is 12.3. The van der Waals surface area contributed by atoms with Gasteiger partial charge in [-0.3, -0.25) is 19.4 Å². The fourth-order valence-electron chi connectivity index (χ4n) is 6.68. The molecular weight excluding hydrogens is 580 g/mol. The predicted octanol–water partition coefficient (Wildman–Crippen LogP) is 5.77. The Balaban J connectivity index is 1.13. The summed E-state index contributed by atoms with van der Waals surface area (Å²) in [5.41, 5.74) is 6.56. The van der Waals surface area contributed by atoms with E-state index in [0.717, 1.165) is 66.2 Å². The van der Waals surface area contributed by atoms with Crippen LogP contribution in [-0.4, -0.2) is 65.7 Å². The number of carbonyl (C=O) groups excluding carboxylic acids is 2. The van der Waals surface area contributed by atoms with Crippen LogP contribution in [0.15, 0.2) is 97.1 Å². The minimum absolute atomic E-state index is 0.000520. The Kier molecular flexibility index (Phi) is 8.80. The summed E-state index contributed by atoms with van der Waals surface area (Å²) in [6.45, 7) is 6.37. The van der Waals surface area contributed by atoms with Gasteiger partial charge in [0.25, 0.3) is 11.8 Å². The summed E-state index contributed by atoms with van der Waals surface area (Å²) in [7, 11) is 0. The normalized spacial score (nSPS) is 23.5. The topological polar surface area (TPSA) is 88.5 Å². The molecule has 236 valence electrons.